The van der Waals surface area contributed by atoms with Crippen molar-refractivity contribution < 1.29 is 137 Å². The summed E-state index contributed by atoms with van der Waals surface area (Å²) in [6, 6.07) is 30.2. The van der Waals surface area contributed by atoms with Gasteiger partial charge in [0.1, 0.15) is 50.4 Å². The molecule has 10 atom stereocenters. The van der Waals surface area contributed by atoms with Gasteiger partial charge in [0, 0.05) is 58.2 Å². The molecule has 7 aliphatic heterocycles. The Labute approximate surface area is 776 Å². The Bertz CT molecular complexity index is 5130. The summed E-state index contributed by atoms with van der Waals surface area (Å²) in [5.74, 6) is -12.0. The zero-order chi connectivity index (χ0) is 93.3. The topological polar surface area (TPSA) is 593 Å². The van der Waals surface area contributed by atoms with E-state index in [0.29, 0.717) is 28.0 Å². The summed E-state index contributed by atoms with van der Waals surface area (Å²) in [6.45, 7) is 0. The molecule has 0 aromatic heterocycles. The number of carbonyl (C=O) groups is 16. The van der Waals surface area contributed by atoms with E-state index < -0.39 is 123 Å². The van der Waals surface area contributed by atoms with Crippen LogP contribution in [0.15, 0.2) is 226 Å². The molecule has 15 N–H and O–H groups in total. The van der Waals surface area contributed by atoms with E-state index in [-0.39, 0.29) is 149 Å². The highest BCUT2D eigenvalue weighted by Crippen LogP contribution is 2.41. The quantitative estimate of drug-likeness (QED) is 0.0226. The molecule has 0 bridgehead atoms. The van der Waals surface area contributed by atoms with Crippen molar-refractivity contribution in [1.82, 2.24) is 52.2 Å². The first-order chi connectivity index (χ1) is 61.1. The molecule has 10 unspecified atom stereocenters. The van der Waals surface area contributed by atoms with Crippen LogP contribution >= 0.6 is 47.0 Å². The summed E-state index contributed by atoms with van der Waals surface area (Å²) in [6.07, 6.45) is 16.0. The van der Waals surface area contributed by atoms with Crippen LogP contribution < -0.4 is 32.1 Å². The third kappa shape index (κ3) is 34.2. The number of rotatable bonds is 34. The smallest absolute Gasteiger partial charge is 0.354 e. The Morgan fingerprint density at radius 1 is 0.515 bits per heavy atom. The molecule has 7 aliphatic rings. The standard InChI is InChI=1S/C22H25N3O7S.2C21H23N3O7S.C21H21N3O6S.3CH4.H2O/c1-25(2)32-17(27)11-7-6-10-15-13-33-20(24-18(15)21(28)29)19(22(30)31)23-16(26)12-14-8-4-3-5-9-14;1-24-14(10-16(26)31-24)8-7-13-11-32-19(23-17(13)20(27)28)18(21(29)30)22-15(25)9-12-5-3-2-4-6-12;1-22-31-16(26)10-6-5-9-14-12-32-19(24-17(14)20(27)28)18(21(29)30)23-15(25)11-13-7-3-2-4-8-13;1-23-14(10-16(26)30-23)8-7-13-11-31-20-17(19(27)24(20)18(13)21(28)29)22-15(25)9-12-5-3-2-4-6-12;;;;/h3-10,19-20H,11-13H2,1-2H3,(H,23,26)(H,28,29)(H,30,31);2-8,14,18-19,23H,9-11H2,1H3,(H,22,25)(H,27,28)(H,29,30);2-9,18-19,22H,10-12H2,1H3,(H,23,25)(H,27,28)(H,29,30);2-8,14,17,20H,9-11H2,1H3,(H,22,25)(H,28,29);3*1H4;1H2/b7-6+,15-10+;8-7+;6-5+,14-9+;8-7+;;;;. The van der Waals surface area contributed by atoms with E-state index in [9.17, 15) is 112 Å². The lowest BCUT2D eigenvalue weighted by molar-refractivity contribution is -0.177. The predicted octanol–water partition coefficient (Wildman–Crippen LogP) is 4.52. The second-order valence-electron chi connectivity index (χ2n) is 28.4. The Morgan fingerprint density at radius 3 is 1.27 bits per heavy atom. The number of carbonyl (C=O) groups excluding carboxylic acids is 9. The number of aliphatic imine (C=N–C) groups is 2. The van der Waals surface area contributed by atoms with Crippen LogP contribution in [-0.2, 0) is 122 Å². The first kappa shape index (κ1) is 111. The van der Waals surface area contributed by atoms with E-state index in [1.54, 1.807) is 137 Å². The number of β-lactam (4-membered cyclic amide) rings is 1. The van der Waals surface area contributed by atoms with E-state index in [2.05, 4.69) is 46.9 Å². The number of carboxylic acids is 7. The Kier molecular flexibility index (Phi) is 46.2. The number of nitrogens with one attached hydrogen (secondary N) is 6. The van der Waals surface area contributed by atoms with E-state index in [1.165, 1.54) is 87.1 Å². The van der Waals surface area contributed by atoms with Gasteiger partial charge in [0.2, 0.25) is 23.6 Å². The average molecular weight is 1910 g/mol. The van der Waals surface area contributed by atoms with Crippen LogP contribution in [0.2, 0.25) is 0 Å². The molecule has 44 heteroatoms. The molecule has 0 aliphatic carbocycles. The maximum absolute atomic E-state index is 12.7. The summed E-state index contributed by atoms with van der Waals surface area (Å²) < 4.78 is 0. The number of aliphatic carboxylic acids is 7. The van der Waals surface area contributed by atoms with Gasteiger partial charge in [-0.2, -0.15) is 5.48 Å². The SMILES string of the molecule is C.C.C.CN(C)OC(=O)C/C=C/C=C1\CSC(C(NC(=O)Cc2ccccc2)C(=O)O)N=C1C(=O)O.CN1OC(=O)CC1/C=C/C1=C(C(=O)O)N2C(=O)C(NC(=O)Cc3ccccc3)C2SC1.CN1OC(=O)CC1/C=C/C1=C(C(=O)O)NC(C(NC(=O)Cc2ccccc2)C(=O)O)SC1.CNOC(=O)C/C=C/C=C1\CSC(C(NC(=O)Cc2ccccc2)C(=O)O)N=C1C(=O)O.O. The maximum Gasteiger partial charge on any atom is 0.354 e. The van der Waals surface area contributed by atoms with E-state index in [4.69, 9.17) is 14.5 Å². The van der Waals surface area contributed by atoms with Gasteiger partial charge in [-0.1, -0.05) is 204 Å². The largest absolute Gasteiger partial charge is 0.480 e. The first-order valence-corrected chi connectivity index (χ1v) is 43.1. The van der Waals surface area contributed by atoms with Crippen LogP contribution in [0.5, 0.6) is 0 Å². The van der Waals surface area contributed by atoms with Crippen molar-refractivity contribution in [2.75, 3.05) is 58.2 Å². The molecule has 3 saturated heterocycles. The van der Waals surface area contributed by atoms with Gasteiger partial charge in [-0.3, -0.25) is 58.0 Å². The van der Waals surface area contributed by atoms with E-state index in [1.807, 2.05) is 36.4 Å². The summed E-state index contributed by atoms with van der Waals surface area (Å²) in [5, 5.41) is 80.7. The monoisotopic (exact) mass is 1910 g/mol. The van der Waals surface area contributed by atoms with Crippen molar-refractivity contribution >= 4 is 154 Å². The third-order valence-corrected chi connectivity index (χ3v) is 23.6. The van der Waals surface area contributed by atoms with Crippen LogP contribution in [0.3, 0.4) is 0 Å². The molecule has 710 valence electrons. The average Bonchev–Trinajstić information content (AvgIpc) is 0.817. The highest BCUT2D eigenvalue weighted by Gasteiger charge is 2.54. The molecule has 7 heterocycles. The van der Waals surface area contributed by atoms with Gasteiger partial charge in [0.25, 0.3) is 5.91 Å². The molecule has 0 radical (unpaired) electrons. The molecule has 11 rings (SSSR count). The number of nitrogens with zero attached hydrogens (tertiary/aromatic N) is 6. The lowest BCUT2D eigenvalue weighted by Crippen LogP contribution is -2.70. The molecule has 132 heavy (non-hydrogen) atoms. The second-order valence-corrected chi connectivity index (χ2v) is 32.8. The van der Waals surface area contributed by atoms with Crippen molar-refractivity contribution in [2.45, 2.75) is 131 Å². The number of fused-ring (bicyclic) bond motifs is 1. The minimum absolute atomic E-state index is 0. The Hall–Kier alpha value is -13.3. The number of allylic oxidation sites excluding steroid dienone is 6. The lowest BCUT2D eigenvalue weighted by atomic mass is 10.0. The predicted molar refractivity (Wildman–Crippen MR) is 491 cm³/mol. The maximum atomic E-state index is 12.7. The summed E-state index contributed by atoms with van der Waals surface area (Å²) in [7, 11) is 7.82. The highest BCUT2D eigenvalue weighted by atomic mass is 32.2. The summed E-state index contributed by atoms with van der Waals surface area (Å²) in [5.41, 5.74) is 6.06. The zero-order valence-electron chi connectivity index (χ0n) is 69.7. The van der Waals surface area contributed by atoms with E-state index >= 15 is 0 Å². The minimum atomic E-state index is -1.39. The Balaban J connectivity index is 0.000000365. The molecular weight excluding hydrogens is 1800 g/mol. The number of benzene rings is 4. The molecule has 4 aromatic rings. The number of thioether (sulfide) groups is 4. The van der Waals surface area contributed by atoms with Crippen molar-refractivity contribution in [3.8, 4) is 0 Å². The fourth-order valence-corrected chi connectivity index (χ4v) is 17.4. The van der Waals surface area contributed by atoms with Gasteiger partial charge in [0.05, 0.1) is 63.5 Å². The number of likely N-dealkylation sites (N-methyl/N-ethyl adjacent to an activating group) is 2. The Morgan fingerprint density at radius 2 is 0.902 bits per heavy atom. The highest BCUT2D eigenvalue weighted by molar-refractivity contribution is 8.01. The number of carboxylic acid groups (broad SMARTS) is 7. The van der Waals surface area contributed by atoms with Gasteiger partial charge in [0.15, 0.2) is 18.1 Å². The third-order valence-electron chi connectivity index (χ3n) is 18.7. The molecule has 40 nitrogen and oxygen atoms in total. The molecule has 3 fully saturated rings. The number of hydrogen-bond donors (Lipinski definition) is 13. The first-order valence-electron chi connectivity index (χ1n) is 38.9. The van der Waals surface area contributed by atoms with Crippen LogP contribution in [0.4, 0.5) is 0 Å². The number of hydroxylamine groups is 7. The van der Waals surface area contributed by atoms with Gasteiger partial charge < -0.3 is 87.2 Å². The van der Waals surface area contributed by atoms with Crippen LogP contribution in [0, 0.1) is 0 Å². The van der Waals surface area contributed by atoms with Crippen LogP contribution in [0.25, 0.3) is 0 Å². The van der Waals surface area contributed by atoms with Crippen LogP contribution in [0.1, 0.15) is 70.2 Å². The number of amides is 5. The van der Waals surface area contributed by atoms with E-state index in [0.717, 1.165) is 45.8 Å². The van der Waals surface area contributed by atoms with Crippen molar-refractivity contribution in [3.05, 3.63) is 238 Å². The number of hydrogen-bond acceptors (Lipinski definition) is 31. The fraction of sp³-hybridized carbons (Fsp3) is 0.341. The summed E-state index contributed by atoms with van der Waals surface area (Å²) in [4.78, 5) is 219. The molecule has 0 spiro atoms. The molecule has 4 aromatic carbocycles. The molecule has 5 amide bonds. The lowest BCUT2D eigenvalue weighted by Gasteiger charge is -2.49. The van der Waals surface area contributed by atoms with Crippen molar-refractivity contribution in [1.29, 1.82) is 0 Å². The zero-order valence-corrected chi connectivity index (χ0v) is 73.0. The van der Waals surface area contributed by atoms with Gasteiger partial charge >= 0.3 is 65.7 Å². The van der Waals surface area contributed by atoms with Gasteiger partial charge in [-0.05, 0) is 44.5 Å². The second kappa shape index (κ2) is 55.0. The fourth-order valence-electron chi connectivity index (χ4n) is 12.6. The van der Waals surface area contributed by atoms with Gasteiger partial charge in [-0.25, -0.2) is 33.6 Å². The minimum Gasteiger partial charge on any atom is -0.480 e. The summed E-state index contributed by atoms with van der Waals surface area (Å²) >= 11 is 4.76. The van der Waals surface area contributed by atoms with Crippen molar-refractivity contribution in [3.63, 3.8) is 0 Å². The van der Waals surface area contributed by atoms with Gasteiger partial charge in [-0.15, -0.1) is 62.2 Å². The molecular formula is C88H106N12O28S4. The normalized spacial score (nSPS) is 20.4. The van der Waals surface area contributed by atoms with Crippen LogP contribution in [-0.4, -0.2) is 284 Å². The van der Waals surface area contributed by atoms with Crippen molar-refractivity contribution in [2.24, 2.45) is 9.98 Å². The molecule has 0 saturated carbocycles.